The fourth-order valence-corrected chi connectivity index (χ4v) is 2.90. The maximum absolute atomic E-state index is 13.4. The summed E-state index contributed by atoms with van der Waals surface area (Å²) in [5.74, 6) is -0.329. The van der Waals surface area contributed by atoms with Crippen LogP contribution in [-0.2, 0) is 13.0 Å². The molecule has 1 aromatic heterocycles. The van der Waals surface area contributed by atoms with Gasteiger partial charge in [0.25, 0.3) is 0 Å². The number of aromatic hydroxyl groups is 1. The fraction of sp³-hybridized carbons (Fsp3) is 0.429. The van der Waals surface area contributed by atoms with Crippen LogP contribution in [0.4, 0.5) is 4.39 Å². The van der Waals surface area contributed by atoms with E-state index < -0.39 is 0 Å². The Balaban J connectivity index is 2.30. The lowest BCUT2D eigenvalue weighted by molar-refractivity contribution is 0.342. The molecule has 0 saturated heterocycles. The van der Waals surface area contributed by atoms with Crippen LogP contribution in [0.25, 0.3) is 10.9 Å². The molecule has 0 radical (unpaired) electrons. The highest BCUT2D eigenvalue weighted by atomic mass is 19.1. The summed E-state index contributed by atoms with van der Waals surface area (Å²) in [5, 5.41) is 10.8. The number of phenolic OH excluding ortho intramolecular Hbond substituents is 1. The minimum Gasteiger partial charge on any atom is -0.506 e. The van der Waals surface area contributed by atoms with Gasteiger partial charge in [-0.25, -0.2) is 4.39 Å². The molecule has 0 amide bonds. The van der Waals surface area contributed by atoms with Crippen LogP contribution in [0.5, 0.6) is 5.75 Å². The number of rotatable bonds is 0. The van der Waals surface area contributed by atoms with Crippen molar-refractivity contribution >= 4 is 10.9 Å². The van der Waals surface area contributed by atoms with Gasteiger partial charge in [0.2, 0.25) is 0 Å². The Labute approximate surface area is 105 Å². The normalized spacial score (nSPS) is 16.8. The third-order valence-electron chi connectivity index (χ3n) is 3.92. The summed E-state index contributed by atoms with van der Waals surface area (Å²) in [6.07, 6.45) is 0.943. The number of aryl methyl sites for hydroxylation is 1. The van der Waals surface area contributed by atoms with E-state index in [0.29, 0.717) is 0 Å². The number of halogens is 1. The van der Waals surface area contributed by atoms with Gasteiger partial charge >= 0.3 is 0 Å². The first-order valence-electron chi connectivity index (χ1n) is 6.26. The topological polar surface area (TPSA) is 28.4 Å². The van der Waals surface area contributed by atoms with E-state index in [2.05, 4.69) is 16.5 Å². The Morgan fingerprint density at radius 1 is 1.22 bits per heavy atom. The van der Waals surface area contributed by atoms with Crippen molar-refractivity contribution in [3.05, 3.63) is 29.2 Å². The van der Waals surface area contributed by atoms with E-state index in [1.807, 2.05) is 6.92 Å². The molecule has 1 aliphatic rings. The van der Waals surface area contributed by atoms with Crippen LogP contribution in [0.2, 0.25) is 0 Å². The molecule has 4 heteroatoms. The first-order chi connectivity index (χ1) is 8.58. The lowest BCUT2D eigenvalue weighted by Crippen LogP contribution is -2.21. The summed E-state index contributed by atoms with van der Waals surface area (Å²) in [4.78, 5) is 2.28. The number of fused-ring (bicyclic) bond motifs is 3. The average molecular weight is 248 g/mol. The van der Waals surface area contributed by atoms with Crippen molar-refractivity contribution in [1.82, 2.24) is 9.47 Å². The molecule has 0 atom stereocenters. The van der Waals surface area contributed by atoms with E-state index in [9.17, 15) is 9.50 Å². The first-order valence-corrected chi connectivity index (χ1v) is 6.26. The number of nitrogens with zero attached hydrogens (tertiary/aromatic N) is 2. The molecule has 96 valence electrons. The van der Waals surface area contributed by atoms with Gasteiger partial charge in [-0.2, -0.15) is 0 Å². The maximum atomic E-state index is 13.4. The summed E-state index contributed by atoms with van der Waals surface area (Å²) in [7, 11) is 2.10. The average Bonchev–Trinajstić information content (AvgIpc) is 2.46. The number of phenols is 1. The van der Waals surface area contributed by atoms with E-state index in [0.717, 1.165) is 42.5 Å². The molecule has 0 aliphatic carbocycles. The maximum Gasteiger partial charge on any atom is 0.142 e. The lowest BCUT2D eigenvalue weighted by Gasteiger charge is -2.12. The van der Waals surface area contributed by atoms with Gasteiger partial charge in [-0.05, 0) is 25.6 Å². The molecule has 0 spiro atoms. The molecule has 2 heterocycles. The molecule has 0 unspecified atom stereocenters. The zero-order valence-corrected chi connectivity index (χ0v) is 10.7. The van der Waals surface area contributed by atoms with Gasteiger partial charge in [0.1, 0.15) is 11.6 Å². The van der Waals surface area contributed by atoms with Crippen molar-refractivity contribution in [2.24, 2.45) is 0 Å². The van der Waals surface area contributed by atoms with E-state index >= 15 is 0 Å². The standard InChI is InChI=1S/C14H17FN2O/c1-9-11-7-10(15)8-13(18)14(11)17-6-5-16(2)4-3-12(9)17/h7-8,18H,3-6H2,1-2H3. The van der Waals surface area contributed by atoms with E-state index in [-0.39, 0.29) is 11.6 Å². The molecule has 18 heavy (non-hydrogen) atoms. The van der Waals surface area contributed by atoms with E-state index in [4.69, 9.17) is 0 Å². The van der Waals surface area contributed by atoms with Crippen LogP contribution in [-0.4, -0.2) is 34.7 Å². The Bertz CT molecular complexity index is 618. The SMILES string of the molecule is Cc1c2n(c3c(O)cc(F)cc13)CCN(C)CC2. The number of aromatic nitrogens is 1. The van der Waals surface area contributed by atoms with Gasteiger partial charge in [-0.1, -0.05) is 0 Å². The van der Waals surface area contributed by atoms with Gasteiger partial charge in [-0.15, -0.1) is 0 Å². The van der Waals surface area contributed by atoms with Crippen LogP contribution < -0.4 is 0 Å². The van der Waals surface area contributed by atoms with Crippen molar-refractivity contribution in [3.63, 3.8) is 0 Å². The first kappa shape index (κ1) is 11.5. The zero-order chi connectivity index (χ0) is 12.9. The van der Waals surface area contributed by atoms with Crippen molar-refractivity contribution in [3.8, 4) is 5.75 Å². The van der Waals surface area contributed by atoms with Gasteiger partial charge in [0.15, 0.2) is 0 Å². The molecular weight excluding hydrogens is 231 g/mol. The van der Waals surface area contributed by atoms with Crippen LogP contribution in [0.1, 0.15) is 11.3 Å². The molecule has 3 rings (SSSR count). The van der Waals surface area contributed by atoms with Crippen LogP contribution in [0, 0.1) is 12.7 Å². The summed E-state index contributed by atoms with van der Waals surface area (Å²) < 4.78 is 15.5. The zero-order valence-electron chi connectivity index (χ0n) is 10.7. The minimum absolute atomic E-state index is 0.0453. The van der Waals surface area contributed by atoms with Gasteiger partial charge < -0.3 is 14.6 Å². The van der Waals surface area contributed by atoms with Crippen molar-refractivity contribution < 1.29 is 9.50 Å². The molecule has 0 fully saturated rings. The highest BCUT2D eigenvalue weighted by molar-refractivity contribution is 5.90. The second kappa shape index (κ2) is 3.99. The molecule has 2 aromatic rings. The number of likely N-dealkylation sites (N-methyl/N-ethyl adjacent to an activating group) is 1. The molecule has 3 nitrogen and oxygen atoms in total. The third kappa shape index (κ3) is 1.60. The fourth-order valence-electron chi connectivity index (χ4n) is 2.90. The monoisotopic (exact) mass is 248 g/mol. The van der Waals surface area contributed by atoms with Crippen LogP contribution in [0.15, 0.2) is 12.1 Å². The summed E-state index contributed by atoms with van der Waals surface area (Å²) >= 11 is 0. The molecule has 1 aliphatic heterocycles. The Hall–Kier alpha value is -1.55. The second-order valence-corrected chi connectivity index (χ2v) is 5.10. The molecule has 0 saturated carbocycles. The molecule has 0 bridgehead atoms. The summed E-state index contributed by atoms with van der Waals surface area (Å²) in [6.45, 7) is 4.81. The van der Waals surface area contributed by atoms with Crippen LogP contribution >= 0.6 is 0 Å². The minimum atomic E-state index is -0.374. The molecule has 1 aromatic carbocycles. The molecular formula is C14H17FN2O. The van der Waals surface area contributed by atoms with Crippen molar-refractivity contribution in [2.45, 2.75) is 19.9 Å². The van der Waals surface area contributed by atoms with E-state index in [1.54, 1.807) is 0 Å². The smallest absolute Gasteiger partial charge is 0.142 e. The van der Waals surface area contributed by atoms with Gasteiger partial charge in [-0.3, -0.25) is 0 Å². The largest absolute Gasteiger partial charge is 0.506 e. The second-order valence-electron chi connectivity index (χ2n) is 5.10. The Morgan fingerprint density at radius 3 is 2.78 bits per heavy atom. The number of hydrogen-bond acceptors (Lipinski definition) is 2. The lowest BCUT2D eigenvalue weighted by atomic mass is 10.1. The molecule has 1 N–H and O–H groups in total. The van der Waals surface area contributed by atoms with Crippen molar-refractivity contribution in [2.75, 3.05) is 20.1 Å². The predicted molar refractivity (Wildman–Crippen MR) is 69.5 cm³/mol. The summed E-state index contributed by atoms with van der Waals surface area (Å²) in [5.41, 5.74) is 3.09. The number of benzene rings is 1. The summed E-state index contributed by atoms with van der Waals surface area (Å²) in [6, 6.07) is 2.72. The number of hydrogen-bond donors (Lipinski definition) is 1. The Kier molecular flexibility index (Phi) is 2.55. The van der Waals surface area contributed by atoms with Crippen molar-refractivity contribution in [1.29, 1.82) is 0 Å². The van der Waals surface area contributed by atoms with Gasteiger partial charge in [0.05, 0.1) is 5.52 Å². The van der Waals surface area contributed by atoms with E-state index in [1.165, 1.54) is 17.8 Å². The quantitative estimate of drug-likeness (QED) is 0.774. The third-order valence-corrected chi connectivity index (χ3v) is 3.92. The Morgan fingerprint density at radius 2 is 2.00 bits per heavy atom. The highest BCUT2D eigenvalue weighted by Crippen LogP contribution is 2.34. The predicted octanol–water partition coefficient (Wildman–Crippen LogP) is 2.28. The van der Waals surface area contributed by atoms with Crippen LogP contribution in [0.3, 0.4) is 0 Å². The van der Waals surface area contributed by atoms with Gasteiger partial charge in [0, 0.05) is 43.2 Å². The highest BCUT2D eigenvalue weighted by Gasteiger charge is 2.20.